The van der Waals surface area contributed by atoms with Crippen molar-refractivity contribution in [2.45, 2.75) is 32.7 Å². The second-order valence-corrected chi connectivity index (χ2v) is 5.91. The van der Waals surface area contributed by atoms with E-state index in [1.165, 1.54) is 6.07 Å². The van der Waals surface area contributed by atoms with Crippen molar-refractivity contribution in [2.75, 3.05) is 31.6 Å². The zero-order valence-corrected chi connectivity index (χ0v) is 12.9. The molecule has 116 valence electrons. The lowest BCUT2D eigenvalue weighted by molar-refractivity contribution is -0.0370. The summed E-state index contributed by atoms with van der Waals surface area (Å²) in [7, 11) is 0. The number of nitrogens with one attached hydrogen (secondary N) is 1. The SMILES string of the molecule is CCCNc1c(F)cccc1C(=O)N1CCOCC1(C)C. The quantitative estimate of drug-likeness (QED) is 0.928. The van der Waals surface area contributed by atoms with Gasteiger partial charge in [0.25, 0.3) is 5.91 Å². The van der Waals surface area contributed by atoms with Gasteiger partial charge in [-0.25, -0.2) is 4.39 Å². The first-order valence-electron chi connectivity index (χ1n) is 7.39. The summed E-state index contributed by atoms with van der Waals surface area (Å²) in [5, 5.41) is 3.02. The standard InChI is InChI=1S/C16H23FN2O2/c1-4-8-18-14-12(6-5-7-13(14)17)15(20)19-9-10-21-11-16(19,2)3/h5-7,18H,4,8-11H2,1-3H3. The molecule has 1 fully saturated rings. The number of ether oxygens (including phenoxy) is 1. The minimum absolute atomic E-state index is 0.151. The fourth-order valence-corrected chi connectivity index (χ4v) is 2.51. The average Bonchev–Trinajstić information content (AvgIpc) is 2.44. The summed E-state index contributed by atoms with van der Waals surface area (Å²) >= 11 is 0. The minimum Gasteiger partial charge on any atom is -0.382 e. The molecule has 1 aliphatic heterocycles. The monoisotopic (exact) mass is 294 g/mol. The number of morpholine rings is 1. The van der Waals surface area contributed by atoms with Gasteiger partial charge in [0.2, 0.25) is 0 Å². The van der Waals surface area contributed by atoms with Crippen LogP contribution in [0.1, 0.15) is 37.6 Å². The van der Waals surface area contributed by atoms with Crippen LogP contribution in [-0.2, 0) is 4.74 Å². The lowest BCUT2D eigenvalue weighted by Crippen LogP contribution is -2.55. The van der Waals surface area contributed by atoms with E-state index in [1.807, 2.05) is 20.8 Å². The Morgan fingerprint density at radius 1 is 1.48 bits per heavy atom. The van der Waals surface area contributed by atoms with Gasteiger partial charge in [-0.15, -0.1) is 0 Å². The molecule has 21 heavy (non-hydrogen) atoms. The van der Waals surface area contributed by atoms with Crippen LogP contribution in [0.5, 0.6) is 0 Å². The molecule has 1 aromatic rings. The summed E-state index contributed by atoms with van der Waals surface area (Å²) in [6.45, 7) is 8.09. The van der Waals surface area contributed by atoms with Gasteiger partial charge in [0.15, 0.2) is 0 Å². The zero-order chi connectivity index (χ0) is 15.5. The van der Waals surface area contributed by atoms with Crippen molar-refractivity contribution in [3.63, 3.8) is 0 Å². The van der Waals surface area contributed by atoms with E-state index in [9.17, 15) is 9.18 Å². The number of rotatable bonds is 4. The third-order valence-corrected chi connectivity index (χ3v) is 3.69. The first-order chi connectivity index (χ1) is 9.97. The molecular formula is C16H23FN2O2. The first kappa shape index (κ1) is 15.8. The Bertz CT molecular complexity index is 517. The fraction of sp³-hybridized carbons (Fsp3) is 0.562. The van der Waals surface area contributed by atoms with Gasteiger partial charge < -0.3 is 15.0 Å². The van der Waals surface area contributed by atoms with Crippen molar-refractivity contribution in [1.29, 1.82) is 0 Å². The predicted molar refractivity (Wildman–Crippen MR) is 81.1 cm³/mol. The number of hydrogen-bond acceptors (Lipinski definition) is 3. The molecule has 0 saturated carbocycles. The molecule has 1 aliphatic rings. The Hall–Kier alpha value is -1.62. The molecule has 0 radical (unpaired) electrons. The average molecular weight is 294 g/mol. The van der Waals surface area contributed by atoms with Gasteiger partial charge >= 0.3 is 0 Å². The van der Waals surface area contributed by atoms with Crippen LogP contribution in [0.3, 0.4) is 0 Å². The maximum Gasteiger partial charge on any atom is 0.256 e. The zero-order valence-electron chi connectivity index (χ0n) is 12.9. The number of amides is 1. The normalized spacial score (nSPS) is 17.6. The van der Waals surface area contributed by atoms with Crippen LogP contribution < -0.4 is 5.32 Å². The Kier molecular flexibility index (Phi) is 4.83. The molecule has 2 rings (SSSR count). The second-order valence-electron chi connectivity index (χ2n) is 5.91. The van der Waals surface area contributed by atoms with Gasteiger partial charge in [-0.2, -0.15) is 0 Å². The van der Waals surface area contributed by atoms with Crippen molar-refractivity contribution in [3.05, 3.63) is 29.6 Å². The molecular weight excluding hydrogens is 271 g/mol. The molecule has 0 aliphatic carbocycles. The van der Waals surface area contributed by atoms with Gasteiger partial charge in [0, 0.05) is 13.1 Å². The van der Waals surface area contributed by atoms with E-state index >= 15 is 0 Å². The third-order valence-electron chi connectivity index (χ3n) is 3.69. The number of benzene rings is 1. The number of halogens is 1. The number of nitrogens with zero attached hydrogens (tertiary/aromatic N) is 1. The lowest BCUT2D eigenvalue weighted by atomic mass is 10.00. The molecule has 0 bridgehead atoms. The summed E-state index contributed by atoms with van der Waals surface area (Å²) in [5.41, 5.74) is 0.300. The Labute approximate surface area is 125 Å². The van der Waals surface area contributed by atoms with Crippen molar-refractivity contribution in [2.24, 2.45) is 0 Å². The molecule has 1 N–H and O–H groups in total. The van der Waals surface area contributed by atoms with Crippen LogP contribution >= 0.6 is 0 Å². The smallest absolute Gasteiger partial charge is 0.256 e. The first-order valence-corrected chi connectivity index (χ1v) is 7.39. The van der Waals surface area contributed by atoms with Crippen LogP contribution in [0.15, 0.2) is 18.2 Å². The molecule has 5 heteroatoms. The highest BCUT2D eigenvalue weighted by Gasteiger charge is 2.35. The molecule has 0 spiro atoms. The Morgan fingerprint density at radius 2 is 2.24 bits per heavy atom. The minimum atomic E-state index is -0.389. The molecule has 1 amide bonds. The van der Waals surface area contributed by atoms with Crippen LogP contribution in [0.25, 0.3) is 0 Å². The van der Waals surface area contributed by atoms with Crippen LogP contribution in [-0.4, -0.2) is 42.6 Å². The van der Waals surface area contributed by atoms with E-state index in [4.69, 9.17) is 4.74 Å². The highest BCUT2D eigenvalue weighted by molar-refractivity contribution is 6.00. The third kappa shape index (κ3) is 3.35. The number of carbonyl (C=O) groups is 1. The summed E-state index contributed by atoms with van der Waals surface area (Å²) in [4.78, 5) is 14.6. The molecule has 1 aromatic carbocycles. The van der Waals surface area contributed by atoms with Gasteiger partial charge in [0.05, 0.1) is 30.0 Å². The lowest BCUT2D eigenvalue weighted by Gasteiger charge is -2.42. The predicted octanol–water partition coefficient (Wildman–Crippen LogP) is 2.90. The summed E-state index contributed by atoms with van der Waals surface area (Å²) in [6.07, 6.45) is 0.866. The van der Waals surface area contributed by atoms with E-state index in [0.717, 1.165) is 6.42 Å². The largest absolute Gasteiger partial charge is 0.382 e. The molecule has 1 saturated heterocycles. The topological polar surface area (TPSA) is 41.6 Å². The van der Waals surface area contributed by atoms with Gasteiger partial charge in [0.1, 0.15) is 5.82 Å². The van der Waals surface area contributed by atoms with Crippen LogP contribution in [0, 0.1) is 5.82 Å². The number of anilines is 1. The molecule has 0 aromatic heterocycles. The van der Waals surface area contributed by atoms with Crippen molar-refractivity contribution < 1.29 is 13.9 Å². The van der Waals surface area contributed by atoms with Crippen LogP contribution in [0.2, 0.25) is 0 Å². The van der Waals surface area contributed by atoms with E-state index < -0.39 is 0 Å². The number of hydrogen-bond donors (Lipinski definition) is 1. The van der Waals surface area contributed by atoms with E-state index in [0.29, 0.717) is 37.6 Å². The maximum absolute atomic E-state index is 14.0. The van der Waals surface area contributed by atoms with Crippen LogP contribution in [0.4, 0.5) is 10.1 Å². The van der Waals surface area contributed by atoms with Gasteiger partial charge in [-0.3, -0.25) is 4.79 Å². The molecule has 0 unspecified atom stereocenters. The highest BCUT2D eigenvalue weighted by Crippen LogP contribution is 2.26. The van der Waals surface area contributed by atoms with Gasteiger partial charge in [-0.05, 0) is 32.4 Å². The summed E-state index contributed by atoms with van der Waals surface area (Å²) in [6, 6.07) is 4.63. The van der Waals surface area contributed by atoms with E-state index in [2.05, 4.69) is 5.32 Å². The summed E-state index contributed by atoms with van der Waals surface area (Å²) in [5.74, 6) is -0.540. The van der Waals surface area contributed by atoms with E-state index in [-0.39, 0.29) is 17.3 Å². The number of para-hydroxylation sites is 1. The second kappa shape index (κ2) is 6.43. The molecule has 4 nitrogen and oxygen atoms in total. The van der Waals surface area contributed by atoms with Crippen molar-refractivity contribution in [1.82, 2.24) is 4.90 Å². The number of carbonyl (C=O) groups excluding carboxylic acids is 1. The van der Waals surface area contributed by atoms with Gasteiger partial charge in [-0.1, -0.05) is 13.0 Å². The van der Waals surface area contributed by atoms with Crippen molar-refractivity contribution >= 4 is 11.6 Å². The fourth-order valence-electron chi connectivity index (χ4n) is 2.51. The molecule has 1 heterocycles. The molecule has 0 atom stereocenters. The maximum atomic E-state index is 14.0. The highest BCUT2D eigenvalue weighted by atomic mass is 19.1. The summed E-state index contributed by atoms with van der Waals surface area (Å²) < 4.78 is 19.5. The van der Waals surface area contributed by atoms with E-state index in [1.54, 1.807) is 17.0 Å². The Morgan fingerprint density at radius 3 is 2.90 bits per heavy atom. The van der Waals surface area contributed by atoms with Crippen molar-refractivity contribution in [3.8, 4) is 0 Å². The Balaban J connectivity index is 2.32.